The lowest BCUT2D eigenvalue weighted by atomic mass is 10.1. The van der Waals surface area contributed by atoms with Crippen LogP contribution >= 0.6 is 11.6 Å². The van der Waals surface area contributed by atoms with E-state index in [0.29, 0.717) is 23.2 Å². The molecule has 0 radical (unpaired) electrons. The van der Waals surface area contributed by atoms with E-state index < -0.39 is 17.5 Å². The number of rotatable bonds is 6. The SMILES string of the molecule is O=C(CCCn1nc(-c2ccc(Cl)cc2)ccc1=O)Nc1ccc(F)cc1F. The third-order valence-electron chi connectivity index (χ3n) is 3.99. The molecule has 0 unspecified atom stereocenters. The number of nitrogens with one attached hydrogen (secondary N) is 1. The van der Waals surface area contributed by atoms with Gasteiger partial charge in [-0.05, 0) is 36.8 Å². The molecule has 3 rings (SSSR count). The van der Waals surface area contributed by atoms with Crippen LogP contribution in [0.5, 0.6) is 0 Å². The predicted octanol–water partition coefficient (Wildman–Crippen LogP) is 4.26. The van der Waals surface area contributed by atoms with Crippen LogP contribution in [0.3, 0.4) is 0 Å². The van der Waals surface area contributed by atoms with Gasteiger partial charge in [-0.15, -0.1) is 0 Å². The molecule has 0 atom stereocenters. The minimum Gasteiger partial charge on any atom is -0.324 e. The second-order valence-corrected chi connectivity index (χ2v) is 6.50. The topological polar surface area (TPSA) is 64.0 Å². The summed E-state index contributed by atoms with van der Waals surface area (Å²) >= 11 is 5.87. The van der Waals surface area contributed by atoms with E-state index in [1.165, 1.54) is 10.7 Å². The second kappa shape index (κ2) is 8.75. The molecule has 0 fully saturated rings. The second-order valence-electron chi connectivity index (χ2n) is 6.06. The molecule has 1 N–H and O–H groups in total. The van der Waals surface area contributed by atoms with Gasteiger partial charge in [0.1, 0.15) is 11.6 Å². The Labute approximate surface area is 164 Å². The average molecular weight is 404 g/mol. The van der Waals surface area contributed by atoms with Crippen LogP contribution in [0.25, 0.3) is 11.3 Å². The molecule has 144 valence electrons. The van der Waals surface area contributed by atoms with E-state index in [1.54, 1.807) is 30.3 Å². The summed E-state index contributed by atoms with van der Waals surface area (Å²) in [4.78, 5) is 23.9. The maximum atomic E-state index is 13.6. The van der Waals surface area contributed by atoms with Crippen LogP contribution in [0.1, 0.15) is 12.8 Å². The number of carbonyl (C=O) groups is 1. The lowest BCUT2D eigenvalue weighted by Gasteiger charge is -2.08. The number of anilines is 1. The van der Waals surface area contributed by atoms with Crippen molar-refractivity contribution in [2.75, 3.05) is 5.32 Å². The molecule has 0 saturated carbocycles. The van der Waals surface area contributed by atoms with E-state index in [9.17, 15) is 18.4 Å². The standard InChI is InChI=1S/C20H16ClF2N3O2/c21-14-5-3-13(4-6-14)17-9-10-20(28)26(25-17)11-1-2-19(27)24-18-8-7-15(22)12-16(18)23/h3-10,12H,1-2,11H2,(H,24,27). The van der Waals surface area contributed by atoms with Crippen molar-refractivity contribution in [2.24, 2.45) is 0 Å². The first-order valence-corrected chi connectivity index (χ1v) is 8.89. The van der Waals surface area contributed by atoms with Crippen LogP contribution in [0.15, 0.2) is 59.4 Å². The van der Waals surface area contributed by atoms with E-state index >= 15 is 0 Å². The summed E-state index contributed by atoms with van der Waals surface area (Å²) in [5, 5.41) is 7.28. The van der Waals surface area contributed by atoms with E-state index in [2.05, 4.69) is 10.4 Å². The number of benzene rings is 2. The monoisotopic (exact) mass is 403 g/mol. The molecular weight excluding hydrogens is 388 g/mol. The summed E-state index contributed by atoms with van der Waals surface area (Å²) in [6.07, 6.45) is 0.377. The molecule has 28 heavy (non-hydrogen) atoms. The van der Waals surface area contributed by atoms with Gasteiger partial charge in [0.25, 0.3) is 5.56 Å². The Kier molecular flexibility index (Phi) is 6.16. The summed E-state index contributed by atoms with van der Waals surface area (Å²) in [5.74, 6) is -2.00. The summed E-state index contributed by atoms with van der Waals surface area (Å²) < 4.78 is 27.7. The third kappa shape index (κ3) is 5.01. The van der Waals surface area contributed by atoms with Crippen molar-refractivity contribution in [3.05, 3.63) is 81.6 Å². The Hall–Kier alpha value is -3.06. The van der Waals surface area contributed by atoms with Crippen LogP contribution in [-0.4, -0.2) is 15.7 Å². The fourth-order valence-electron chi connectivity index (χ4n) is 2.58. The average Bonchev–Trinajstić information content (AvgIpc) is 2.66. The number of hydrogen-bond acceptors (Lipinski definition) is 3. The minimum absolute atomic E-state index is 0.0517. The van der Waals surface area contributed by atoms with Gasteiger partial charge in [-0.25, -0.2) is 13.5 Å². The Bertz CT molecular complexity index is 1050. The van der Waals surface area contributed by atoms with Crippen LogP contribution in [0, 0.1) is 11.6 Å². The third-order valence-corrected chi connectivity index (χ3v) is 4.24. The van der Waals surface area contributed by atoms with Crippen LogP contribution in [0.4, 0.5) is 14.5 Å². The number of halogens is 3. The van der Waals surface area contributed by atoms with Crippen molar-refractivity contribution in [3.8, 4) is 11.3 Å². The van der Waals surface area contributed by atoms with Gasteiger partial charge in [0, 0.05) is 35.7 Å². The molecule has 3 aromatic rings. The molecule has 0 aliphatic heterocycles. The van der Waals surface area contributed by atoms with Gasteiger partial charge in [-0.1, -0.05) is 23.7 Å². The molecule has 0 bridgehead atoms. The van der Waals surface area contributed by atoms with Crippen LogP contribution in [0.2, 0.25) is 5.02 Å². The Balaban J connectivity index is 1.61. The Morgan fingerprint density at radius 3 is 2.54 bits per heavy atom. The van der Waals surface area contributed by atoms with E-state index in [0.717, 1.165) is 17.7 Å². The predicted molar refractivity (Wildman–Crippen MR) is 103 cm³/mol. The van der Waals surface area contributed by atoms with Crippen LogP contribution in [-0.2, 0) is 11.3 Å². The highest BCUT2D eigenvalue weighted by molar-refractivity contribution is 6.30. The molecule has 1 heterocycles. The number of aryl methyl sites for hydroxylation is 1. The largest absolute Gasteiger partial charge is 0.324 e. The molecule has 1 aromatic heterocycles. The normalized spacial score (nSPS) is 10.7. The Morgan fingerprint density at radius 1 is 1.07 bits per heavy atom. The molecular formula is C20H16ClF2N3O2. The summed E-state index contributed by atoms with van der Waals surface area (Å²) in [7, 11) is 0. The van der Waals surface area contributed by atoms with Gasteiger partial charge >= 0.3 is 0 Å². The van der Waals surface area contributed by atoms with Crippen molar-refractivity contribution in [1.29, 1.82) is 0 Å². The minimum atomic E-state index is -0.845. The number of aromatic nitrogens is 2. The fraction of sp³-hybridized carbons (Fsp3) is 0.150. The summed E-state index contributed by atoms with van der Waals surface area (Å²) in [5.41, 5.74) is 1.03. The zero-order valence-corrected chi connectivity index (χ0v) is 15.4. The van der Waals surface area contributed by atoms with Gasteiger partial charge in [-0.2, -0.15) is 5.10 Å². The maximum absolute atomic E-state index is 13.6. The molecule has 1 amide bonds. The molecule has 0 aliphatic carbocycles. The van der Waals surface area contributed by atoms with E-state index in [-0.39, 0.29) is 24.2 Å². The van der Waals surface area contributed by atoms with Gasteiger partial charge < -0.3 is 5.32 Å². The lowest BCUT2D eigenvalue weighted by molar-refractivity contribution is -0.116. The highest BCUT2D eigenvalue weighted by Gasteiger charge is 2.09. The quantitative estimate of drug-likeness (QED) is 0.668. The first kappa shape index (κ1) is 19.7. The highest BCUT2D eigenvalue weighted by atomic mass is 35.5. The smallest absolute Gasteiger partial charge is 0.266 e. The Morgan fingerprint density at radius 2 is 1.82 bits per heavy atom. The van der Waals surface area contributed by atoms with Crippen LogP contribution < -0.4 is 10.9 Å². The lowest BCUT2D eigenvalue weighted by Crippen LogP contribution is -2.23. The number of amides is 1. The molecule has 0 aliphatic rings. The van der Waals surface area contributed by atoms with Crippen molar-refractivity contribution in [1.82, 2.24) is 9.78 Å². The van der Waals surface area contributed by atoms with Gasteiger partial charge in [0.15, 0.2) is 0 Å². The molecule has 5 nitrogen and oxygen atoms in total. The van der Waals surface area contributed by atoms with Crippen molar-refractivity contribution in [2.45, 2.75) is 19.4 Å². The first-order chi connectivity index (χ1) is 13.4. The molecule has 8 heteroatoms. The molecule has 0 spiro atoms. The van der Waals surface area contributed by atoms with Gasteiger partial charge in [0.2, 0.25) is 5.91 Å². The molecule has 2 aromatic carbocycles. The number of nitrogens with zero attached hydrogens (tertiary/aromatic N) is 2. The highest BCUT2D eigenvalue weighted by Crippen LogP contribution is 2.18. The fourth-order valence-corrected chi connectivity index (χ4v) is 2.70. The number of carbonyl (C=O) groups excluding carboxylic acids is 1. The first-order valence-electron chi connectivity index (χ1n) is 8.51. The van der Waals surface area contributed by atoms with E-state index in [4.69, 9.17) is 11.6 Å². The van der Waals surface area contributed by atoms with Crippen molar-refractivity contribution >= 4 is 23.2 Å². The van der Waals surface area contributed by atoms with Crippen molar-refractivity contribution < 1.29 is 13.6 Å². The van der Waals surface area contributed by atoms with E-state index in [1.807, 2.05) is 0 Å². The number of hydrogen-bond donors (Lipinski definition) is 1. The maximum Gasteiger partial charge on any atom is 0.266 e. The summed E-state index contributed by atoms with van der Waals surface area (Å²) in [6.45, 7) is 0.222. The van der Waals surface area contributed by atoms with Gasteiger partial charge in [-0.3, -0.25) is 9.59 Å². The van der Waals surface area contributed by atoms with Crippen molar-refractivity contribution in [3.63, 3.8) is 0 Å². The zero-order chi connectivity index (χ0) is 20.1. The van der Waals surface area contributed by atoms with Gasteiger partial charge in [0.05, 0.1) is 11.4 Å². The zero-order valence-electron chi connectivity index (χ0n) is 14.7. The molecule has 0 saturated heterocycles. The summed E-state index contributed by atoms with van der Waals surface area (Å²) in [6, 6.07) is 13.0.